The summed E-state index contributed by atoms with van der Waals surface area (Å²) in [5.74, 6) is 0. The van der Waals surface area contributed by atoms with Crippen molar-refractivity contribution in [2.45, 2.75) is 44.8 Å². The molecular weight excluding hydrogens is 202 g/mol. The zero-order valence-corrected chi connectivity index (χ0v) is 9.77. The molecule has 0 aliphatic carbocycles. The Bertz CT molecular complexity index is 305. The summed E-state index contributed by atoms with van der Waals surface area (Å²) in [5.41, 5.74) is 6.76. The number of aryl methyl sites for hydroxylation is 1. The molecule has 2 N–H and O–H groups in total. The van der Waals surface area contributed by atoms with Crippen LogP contribution in [0.1, 0.15) is 31.2 Å². The first-order chi connectivity index (χ1) is 7.88. The van der Waals surface area contributed by atoms with E-state index in [2.05, 4.69) is 11.3 Å². The van der Waals surface area contributed by atoms with Crippen LogP contribution in [0.15, 0.2) is 12.4 Å². The van der Waals surface area contributed by atoms with E-state index in [1.165, 1.54) is 18.4 Å². The van der Waals surface area contributed by atoms with Crippen molar-refractivity contribution in [2.24, 2.45) is 5.73 Å². The molecule has 2 heterocycles. The molecule has 1 atom stereocenters. The summed E-state index contributed by atoms with van der Waals surface area (Å²) in [6, 6.07) is 0. The summed E-state index contributed by atoms with van der Waals surface area (Å²) < 4.78 is 7.69. The smallest absolute Gasteiger partial charge is 0.0770 e. The van der Waals surface area contributed by atoms with Crippen LogP contribution in [0.4, 0.5) is 0 Å². The number of hydrogen-bond acceptors (Lipinski definition) is 3. The lowest BCUT2D eigenvalue weighted by molar-refractivity contribution is 0.00398. The van der Waals surface area contributed by atoms with Gasteiger partial charge in [0.2, 0.25) is 0 Å². The zero-order valence-electron chi connectivity index (χ0n) is 9.77. The molecule has 1 aromatic rings. The van der Waals surface area contributed by atoms with Crippen molar-refractivity contribution in [2.75, 3.05) is 13.2 Å². The number of aromatic nitrogens is 2. The molecular formula is C12H21N3O. The van der Waals surface area contributed by atoms with Crippen molar-refractivity contribution in [3.05, 3.63) is 18.0 Å². The van der Waals surface area contributed by atoms with Crippen molar-refractivity contribution >= 4 is 0 Å². The van der Waals surface area contributed by atoms with Gasteiger partial charge in [0.15, 0.2) is 0 Å². The van der Waals surface area contributed by atoms with Gasteiger partial charge in [-0.25, -0.2) is 0 Å². The molecule has 1 fully saturated rings. The highest BCUT2D eigenvalue weighted by molar-refractivity contribution is 5.03. The maximum atomic E-state index is 5.69. The molecule has 2 rings (SSSR count). The Labute approximate surface area is 96.8 Å². The minimum Gasteiger partial charge on any atom is -0.376 e. The lowest BCUT2D eigenvalue weighted by atomic mass is 10.1. The predicted octanol–water partition coefficient (Wildman–Crippen LogP) is 1.34. The third-order valence-corrected chi connectivity index (χ3v) is 3.02. The summed E-state index contributed by atoms with van der Waals surface area (Å²) in [6.45, 7) is 2.55. The van der Waals surface area contributed by atoms with Gasteiger partial charge in [-0.2, -0.15) is 5.10 Å². The third kappa shape index (κ3) is 3.32. The molecule has 0 bridgehead atoms. The number of nitrogens with two attached hydrogens (primary N) is 1. The highest BCUT2D eigenvalue weighted by Gasteiger charge is 2.14. The summed E-state index contributed by atoms with van der Waals surface area (Å²) in [5, 5.41) is 4.36. The van der Waals surface area contributed by atoms with Gasteiger partial charge in [-0.1, -0.05) is 0 Å². The Hall–Kier alpha value is -0.870. The molecule has 1 aromatic heterocycles. The fraction of sp³-hybridized carbons (Fsp3) is 0.750. The Morgan fingerprint density at radius 2 is 2.44 bits per heavy atom. The number of hydrogen-bond donors (Lipinski definition) is 1. The maximum absolute atomic E-state index is 5.69. The molecule has 0 unspecified atom stereocenters. The fourth-order valence-corrected chi connectivity index (χ4v) is 2.10. The minimum atomic E-state index is 0.357. The second-order valence-corrected chi connectivity index (χ2v) is 4.45. The number of nitrogens with zero attached hydrogens (tertiary/aromatic N) is 2. The highest BCUT2D eigenvalue weighted by atomic mass is 16.5. The number of ether oxygens (including phenoxy) is 1. The molecule has 1 aliphatic rings. The highest BCUT2D eigenvalue weighted by Crippen LogP contribution is 2.14. The second-order valence-electron chi connectivity index (χ2n) is 4.45. The van der Waals surface area contributed by atoms with E-state index < -0.39 is 0 Å². The third-order valence-electron chi connectivity index (χ3n) is 3.02. The van der Waals surface area contributed by atoms with Crippen LogP contribution in [0.5, 0.6) is 0 Å². The second kappa shape index (κ2) is 6.01. The van der Waals surface area contributed by atoms with Gasteiger partial charge in [0.05, 0.1) is 18.8 Å². The summed E-state index contributed by atoms with van der Waals surface area (Å²) in [6.07, 6.45) is 10.1. The molecule has 0 spiro atoms. The van der Waals surface area contributed by atoms with E-state index in [0.717, 1.165) is 39.0 Å². The lowest BCUT2D eigenvalue weighted by Crippen LogP contribution is -2.24. The summed E-state index contributed by atoms with van der Waals surface area (Å²) in [7, 11) is 0. The monoisotopic (exact) mass is 223 g/mol. The van der Waals surface area contributed by atoms with Crippen LogP contribution >= 0.6 is 0 Å². The van der Waals surface area contributed by atoms with E-state index in [1.807, 2.05) is 10.9 Å². The average Bonchev–Trinajstić information content (AvgIpc) is 2.75. The molecule has 16 heavy (non-hydrogen) atoms. The van der Waals surface area contributed by atoms with Crippen LogP contribution in [0.3, 0.4) is 0 Å². The van der Waals surface area contributed by atoms with Crippen LogP contribution in [-0.2, 0) is 17.7 Å². The van der Waals surface area contributed by atoms with Crippen LogP contribution < -0.4 is 5.73 Å². The largest absolute Gasteiger partial charge is 0.376 e. The fourth-order valence-electron chi connectivity index (χ4n) is 2.10. The van der Waals surface area contributed by atoms with Gasteiger partial charge in [0.25, 0.3) is 0 Å². The van der Waals surface area contributed by atoms with Crippen molar-refractivity contribution in [1.82, 2.24) is 9.78 Å². The van der Waals surface area contributed by atoms with Crippen LogP contribution in [0.2, 0.25) is 0 Å². The Kier molecular flexibility index (Phi) is 4.36. The van der Waals surface area contributed by atoms with Gasteiger partial charge >= 0.3 is 0 Å². The van der Waals surface area contributed by atoms with Crippen LogP contribution in [0.25, 0.3) is 0 Å². The van der Waals surface area contributed by atoms with Crippen molar-refractivity contribution < 1.29 is 4.74 Å². The summed E-state index contributed by atoms with van der Waals surface area (Å²) >= 11 is 0. The average molecular weight is 223 g/mol. The SMILES string of the molecule is NCCCc1cnn(C[C@H]2CCCCO2)c1. The standard InChI is InChI=1S/C12H21N3O/c13-6-3-4-11-8-14-15(9-11)10-12-5-1-2-7-16-12/h8-9,12H,1-7,10,13H2/t12-/m1/s1. The van der Waals surface area contributed by atoms with Crippen molar-refractivity contribution in [1.29, 1.82) is 0 Å². The van der Waals surface area contributed by atoms with Gasteiger partial charge in [0, 0.05) is 12.8 Å². The van der Waals surface area contributed by atoms with E-state index in [0.29, 0.717) is 6.10 Å². The van der Waals surface area contributed by atoms with Crippen LogP contribution in [-0.4, -0.2) is 29.0 Å². The van der Waals surface area contributed by atoms with Gasteiger partial charge in [-0.05, 0) is 44.2 Å². The van der Waals surface area contributed by atoms with E-state index in [4.69, 9.17) is 10.5 Å². The Morgan fingerprint density at radius 3 is 3.19 bits per heavy atom. The molecule has 0 saturated carbocycles. The topological polar surface area (TPSA) is 53.1 Å². The predicted molar refractivity (Wildman–Crippen MR) is 63.2 cm³/mol. The van der Waals surface area contributed by atoms with E-state index in [-0.39, 0.29) is 0 Å². The molecule has 4 nitrogen and oxygen atoms in total. The number of rotatable bonds is 5. The first-order valence-corrected chi connectivity index (χ1v) is 6.21. The Balaban J connectivity index is 1.81. The maximum Gasteiger partial charge on any atom is 0.0770 e. The van der Waals surface area contributed by atoms with E-state index in [9.17, 15) is 0 Å². The molecule has 0 amide bonds. The van der Waals surface area contributed by atoms with Gasteiger partial charge in [-0.15, -0.1) is 0 Å². The minimum absolute atomic E-state index is 0.357. The van der Waals surface area contributed by atoms with E-state index in [1.54, 1.807) is 0 Å². The first-order valence-electron chi connectivity index (χ1n) is 6.21. The van der Waals surface area contributed by atoms with E-state index >= 15 is 0 Å². The van der Waals surface area contributed by atoms with Gasteiger partial charge in [-0.3, -0.25) is 4.68 Å². The van der Waals surface area contributed by atoms with Crippen molar-refractivity contribution in [3.63, 3.8) is 0 Å². The molecule has 1 saturated heterocycles. The molecule has 1 aliphatic heterocycles. The molecule has 0 aromatic carbocycles. The quantitative estimate of drug-likeness (QED) is 0.819. The lowest BCUT2D eigenvalue weighted by Gasteiger charge is -2.22. The molecule has 0 radical (unpaired) electrons. The van der Waals surface area contributed by atoms with Crippen LogP contribution in [0, 0.1) is 0 Å². The molecule has 90 valence electrons. The van der Waals surface area contributed by atoms with Crippen molar-refractivity contribution in [3.8, 4) is 0 Å². The summed E-state index contributed by atoms with van der Waals surface area (Å²) in [4.78, 5) is 0. The zero-order chi connectivity index (χ0) is 11.2. The Morgan fingerprint density at radius 1 is 1.50 bits per heavy atom. The van der Waals surface area contributed by atoms with Gasteiger partial charge < -0.3 is 10.5 Å². The van der Waals surface area contributed by atoms with Gasteiger partial charge in [0.1, 0.15) is 0 Å². The first kappa shape index (κ1) is 11.6. The normalized spacial score (nSPS) is 21.2. The molecule has 4 heteroatoms.